The summed E-state index contributed by atoms with van der Waals surface area (Å²) in [7, 11) is 1.79. The number of anilines is 1. The van der Waals surface area contributed by atoms with Crippen molar-refractivity contribution < 1.29 is 4.79 Å². The zero-order valence-electron chi connectivity index (χ0n) is 11.3. The molecule has 0 saturated carbocycles. The molecule has 1 amide bonds. The maximum absolute atomic E-state index is 12.1. The highest BCUT2D eigenvalue weighted by molar-refractivity contribution is 7.22. The van der Waals surface area contributed by atoms with Gasteiger partial charge in [-0.05, 0) is 18.1 Å². The van der Waals surface area contributed by atoms with E-state index in [0.717, 1.165) is 16.6 Å². The average molecular weight is 286 g/mol. The minimum Gasteiger partial charge on any atom is -0.330 e. The molecule has 0 unspecified atom stereocenters. The van der Waals surface area contributed by atoms with Crippen molar-refractivity contribution in [3.63, 3.8) is 0 Å². The molecule has 0 saturated heterocycles. The number of fused-ring (bicyclic) bond motifs is 1. The van der Waals surface area contributed by atoms with Gasteiger partial charge in [0.05, 0.1) is 10.2 Å². The van der Waals surface area contributed by atoms with Gasteiger partial charge in [0.25, 0.3) is 5.91 Å². The second-order valence-electron chi connectivity index (χ2n) is 4.45. The molecule has 102 valence electrons. The molecule has 1 aromatic carbocycles. The van der Waals surface area contributed by atoms with E-state index in [2.05, 4.69) is 28.3 Å². The van der Waals surface area contributed by atoms with Gasteiger partial charge in [0.1, 0.15) is 0 Å². The van der Waals surface area contributed by atoms with Crippen molar-refractivity contribution in [2.75, 3.05) is 5.32 Å². The fourth-order valence-electron chi connectivity index (χ4n) is 2.08. The molecule has 0 bridgehead atoms. The molecule has 0 fully saturated rings. The molecule has 6 heteroatoms. The number of aryl methyl sites for hydroxylation is 2. The molecule has 0 aliphatic rings. The lowest BCUT2D eigenvalue weighted by atomic mass is 10.1. The van der Waals surface area contributed by atoms with Gasteiger partial charge in [-0.3, -0.25) is 10.1 Å². The zero-order chi connectivity index (χ0) is 14.1. The highest BCUT2D eigenvalue weighted by Gasteiger charge is 2.14. The Hall–Kier alpha value is -2.21. The second kappa shape index (κ2) is 5.05. The van der Waals surface area contributed by atoms with Gasteiger partial charge in [-0.25, -0.2) is 9.97 Å². The summed E-state index contributed by atoms with van der Waals surface area (Å²) in [6, 6.07) is 6.10. The van der Waals surface area contributed by atoms with Crippen molar-refractivity contribution in [2.45, 2.75) is 13.3 Å². The van der Waals surface area contributed by atoms with E-state index in [0.29, 0.717) is 11.0 Å². The zero-order valence-corrected chi connectivity index (χ0v) is 12.1. The van der Waals surface area contributed by atoms with Crippen LogP contribution in [-0.2, 0) is 13.5 Å². The first-order valence-electron chi connectivity index (χ1n) is 6.36. The van der Waals surface area contributed by atoms with Crippen LogP contribution >= 0.6 is 11.3 Å². The van der Waals surface area contributed by atoms with Gasteiger partial charge in [0, 0.05) is 19.4 Å². The van der Waals surface area contributed by atoms with Crippen molar-refractivity contribution >= 4 is 32.6 Å². The van der Waals surface area contributed by atoms with E-state index in [4.69, 9.17) is 0 Å². The van der Waals surface area contributed by atoms with Crippen LogP contribution in [0.15, 0.2) is 30.6 Å². The topological polar surface area (TPSA) is 59.8 Å². The van der Waals surface area contributed by atoms with E-state index in [-0.39, 0.29) is 5.91 Å². The fourth-order valence-corrected chi connectivity index (χ4v) is 2.99. The number of hydrogen-bond acceptors (Lipinski definition) is 4. The standard InChI is InChI=1S/C14H14N4OS/c1-3-9-5-4-6-10-11(9)16-14(20-10)17-13(19)12-15-7-8-18(12)2/h4-8H,3H2,1-2H3,(H,16,17,19). The number of carbonyl (C=O) groups excluding carboxylic acids is 1. The van der Waals surface area contributed by atoms with Gasteiger partial charge >= 0.3 is 0 Å². The Balaban J connectivity index is 1.92. The van der Waals surface area contributed by atoms with E-state index in [1.54, 1.807) is 24.0 Å². The smallest absolute Gasteiger partial charge is 0.293 e. The predicted molar refractivity (Wildman–Crippen MR) is 80.2 cm³/mol. The fraction of sp³-hybridized carbons (Fsp3) is 0.214. The first kappa shape index (κ1) is 12.8. The Morgan fingerprint density at radius 2 is 2.30 bits per heavy atom. The number of aromatic nitrogens is 3. The first-order chi connectivity index (χ1) is 9.69. The number of rotatable bonds is 3. The maximum atomic E-state index is 12.1. The normalized spacial score (nSPS) is 10.9. The van der Waals surface area contributed by atoms with Crippen LogP contribution in [0.5, 0.6) is 0 Å². The third-order valence-corrected chi connectivity index (χ3v) is 4.06. The lowest BCUT2D eigenvalue weighted by Gasteiger charge is -2.00. The molecule has 0 spiro atoms. The summed E-state index contributed by atoms with van der Waals surface area (Å²) < 4.78 is 2.76. The summed E-state index contributed by atoms with van der Waals surface area (Å²) >= 11 is 1.48. The SMILES string of the molecule is CCc1cccc2sc(NC(=O)c3nccn3C)nc12. The minimum absolute atomic E-state index is 0.241. The van der Waals surface area contributed by atoms with Crippen LogP contribution in [0.2, 0.25) is 0 Å². The number of thiazole rings is 1. The summed E-state index contributed by atoms with van der Waals surface area (Å²) in [5.74, 6) is 0.134. The lowest BCUT2D eigenvalue weighted by Crippen LogP contribution is -2.16. The molecule has 0 aliphatic carbocycles. The van der Waals surface area contributed by atoms with E-state index < -0.39 is 0 Å². The van der Waals surface area contributed by atoms with Crippen molar-refractivity contribution in [1.29, 1.82) is 0 Å². The Morgan fingerprint density at radius 1 is 1.45 bits per heavy atom. The Morgan fingerprint density at radius 3 is 3.00 bits per heavy atom. The summed E-state index contributed by atoms with van der Waals surface area (Å²) in [6.07, 6.45) is 4.26. The third kappa shape index (κ3) is 2.18. The van der Waals surface area contributed by atoms with Crippen LogP contribution in [0.4, 0.5) is 5.13 Å². The van der Waals surface area contributed by atoms with Crippen molar-refractivity contribution in [3.8, 4) is 0 Å². The van der Waals surface area contributed by atoms with Gasteiger partial charge < -0.3 is 4.57 Å². The number of carbonyl (C=O) groups is 1. The minimum atomic E-state index is -0.241. The predicted octanol–water partition coefficient (Wildman–Crippen LogP) is 2.84. The van der Waals surface area contributed by atoms with Crippen molar-refractivity contribution in [1.82, 2.24) is 14.5 Å². The molecular formula is C14H14N4OS. The number of benzene rings is 1. The molecule has 0 radical (unpaired) electrons. The largest absolute Gasteiger partial charge is 0.330 e. The van der Waals surface area contributed by atoms with Crippen LogP contribution in [0.25, 0.3) is 10.2 Å². The number of amides is 1. The van der Waals surface area contributed by atoms with Crippen molar-refractivity contribution in [2.24, 2.45) is 7.05 Å². The lowest BCUT2D eigenvalue weighted by molar-refractivity contribution is 0.101. The summed E-state index contributed by atoms with van der Waals surface area (Å²) in [4.78, 5) is 20.6. The molecule has 0 atom stereocenters. The molecule has 20 heavy (non-hydrogen) atoms. The van der Waals surface area contributed by atoms with Crippen molar-refractivity contribution in [3.05, 3.63) is 42.0 Å². The van der Waals surface area contributed by atoms with E-state index in [1.165, 1.54) is 16.9 Å². The van der Waals surface area contributed by atoms with E-state index >= 15 is 0 Å². The van der Waals surface area contributed by atoms with Gasteiger partial charge in [0.15, 0.2) is 11.0 Å². The molecule has 3 aromatic rings. The Bertz CT molecular complexity index is 774. The average Bonchev–Trinajstić information content (AvgIpc) is 3.03. The van der Waals surface area contributed by atoms with Gasteiger partial charge in [-0.1, -0.05) is 30.4 Å². The molecule has 0 aliphatic heterocycles. The van der Waals surface area contributed by atoms with Crippen LogP contribution in [0.1, 0.15) is 23.1 Å². The summed E-state index contributed by atoms with van der Waals surface area (Å²) in [5, 5.41) is 3.42. The molecule has 5 nitrogen and oxygen atoms in total. The highest BCUT2D eigenvalue weighted by Crippen LogP contribution is 2.28. The molecule has 3 rings (SSSR count). The van der Waals surface area contributed by atoms with E-state index in [9.17, 15) is 4.79 Å². The number of hydrogen-bond donors (Lipinski definition) is 1. The van der Waals surface area contributed by atoms with Crippen LogP contribution < -0.4 is 5.32 Å². The molecule has 2 aromatic heterocycles. The quantitative estimate of drug-likeness (QED) is 0.805. The first-order valence-corrected chi connectivity index (χ1v) is 7.17. The number of imidazole rings is 1. The Labute approximate surface area is 120 Å². The van der Waals surface area contributed by atoms with E-state index in [1.807, 2.05) is 12.1 Å². The molecular weight excluding hydrogens is 272 g/mol. The maximum Gasteiger partial charge on any atom is 0.293 e. The monoisotopic (exact) mass is 286 g/mol. The number of nitrogens with one attached hydrogen (secondary N) is 1. The van der Waals surface area contributed by atoms with Crippen LogP contribution in [0.3, 0.4) is 0 Å². The molecule has 2 heterocycles. The van der Waals surface area contributed by atoms with Crippen LogP contribution in [-0.4, -0.2) is 20.4 Å². The highest BCUT2D eigenvalue weighted by atomic mass is 32.1. The number of nitrogens with zero attached hydrogens (tertiary/aromatic N) is 3. The van der Waals surface area contributed by atoms with Gasteiger partial charge in [-0.15, -0.1) is 0 Å². The summed E-state index contributed by atoms with van der Waals surface area (Å²) in [6.45, 7) is 2.10. The van der Waals surface area contributed by atoms with Gasteiger partial charge in [0.2, 0.25) is 0 Å². The second-order valence-corrected chi connectivity index (χ2v) is 5.48. The summed E-state index contributed by atoms with van der Waals surface area (Å²) in [5.41, 5.74) is 2.16. The number of para-hydroxylation sites is 1. The van der Waals surface area contributed by atoms with Crippen LogP contribution in [0, 0.1) is 0 Å². The molecule has 1 N–H and O–H groups in total. The van der Waals surface area contributed by atoms with Gasteiger partial charge in [-0.2, -0.15) is 0 Å². The third-order valence-electron chi connectivity index (χ3n) is 3.13. The Kier molecular flexibility index (Phi) is 3.23.